The molecule has 3 heterocycles. The smallest absolute Gasteiger partial charge is 0.135 e. The molecule has 2 aliphatic rings. The van der Waals surface area contributed by atoms with Crippen LogP contribution in [-0.4, -0.2) is 40.9 Å². The third-order valence-electron chi connectivity index (χ3n) is 5.46. The highest BCUT2D eigenvalue weighted by molar-refractivity contribution is 7.99. The second-order valence-electron chi connectivity index (χ2n) is 8.09. The number of nitriles is 1. The van der Waals surface area contributed by atoms with Crippen molar-refractivity contribution in [1.29, 1.82) is 5.26 Å². The van der Waals surface area contributed by atoms with Crippen molar-refractivity contribution < 1.29 is 4.74 Å². The summed E-state index contributed by atoms with van der Waals surface area (Å²) in [6.45, 7) is 6.77. The molecule has 1 aromatic carbocycles. The Bertz CT molecular complexity index is 903. The van der Waals surface area contributed by atoms with Crippen molar-refractivity contribution in [2.75, 3.05) is 35.2 Å². The number of nitrogens with zero attached hydrogens (tertiary/aromatic N) is 3. The van der Waals surface area contributed by atoms with Crippen molar-refractivity contribution in [3.63, 3.8) is 0 Å². The van der Waals surface area contributed by atoms with Crippen LogP contribution in [0.1, 0.15) is 36.1 Å². The Morgan fingerprint density at radius 3 is 2.69 bits per heavy atom. The third kappa shape index (κ3) is 4.74. The summed E-state index contributed by atoms with van der Waals surface area (Å²) in [5.41, 5.74) is 4.10. The molecule has 1 fully saturated rings. The minimum Gasteiger partial charge on any atom is -0.370 e. The molecule has 29 heavy (non-hydrogen) atoms. The molecule has 4 rings (SSSR count). The first-order chi connectivity index (χ1) is 14.1. The predicted octanol–water partition coefficient (Wildman–Crippen LogP) is 4.69. The molecule has 4 nitrogen and oxygen atoms in total. The maximum atomic E-state index is 10.0. The summed E-state index contributed by atoms with van der Waals surface area (Å²) in [4.78, 5) is 7.42. The molecule has 1 aromatic heterocycles. The first-order valence-electron chi connectivity index (χ1n) is 10.2. The summed E-state index contributed by atoms with van der Waals surface area (Å²) in [5.74, 6) is 4.20. The van der Waals surface area contributed by atoms with E-state index in [-0.39, 0.29) is 5.60 Å². The average Bonchev–Trinajstić information content (AvgIpc) is 2.74. The number of pyridine rings is 1. The Labute approximate surface area is 182 Å². The number of anilines is 1. The van der Waals surface area contributed by atoms with Crippen LogP contribution in [0, 0.1) is 11.3 Å². The zero-order valence-corrected chi connectivity index (χ0v) is 18.7. The van der Waals surface area contributed by atoms with Gasteiger partial charge in [0.05, 0.1) is 17.8 Å². The van der Waals surface area contributed by atoms with E-state index in [1.807, 2.05) is 17.8 Å². The molecule has 0 atom stereocenters. The number of ether oxygens (including phenoxy) is 1. The molecule has 0 bridgehead atoms. The van der Waals surface area contributed by atoms with Crippen LogP contribution < -0.4 is 4.90 Å². The molecule has 1 saturated heterocycles. The van der Waals surface area contributed by atoms with E-state index in [2.05, 4.69) is 49.1 Å². The fourth-order valence-corrected chi connectivity index (χ4v) is 5.79. The summed E-state index contributed by atoms with van der Waals surface area (Å²) < 4.78 is 6.11. The summed E-state index contributed by atoms with van der Waals surface area (Å²) in [7, 11) is 0. The van der Waals surface area contributed by atoms with Crippen LogP contribution >= 0.6 is 23.5 Å². The van der Waals surface area contributed by atoms with Crippen molar-refractivity contribution >= 4 is 29.3 Å². The molecule has 2 aromatic rings. The van der Waals surface area contributed by atoms with Gasteiger partial charge in [-0.1, -0.05) is 30.3 Å². The van der Waals surface area contributed by atoms with Gasteiger partial charge < -0.3 is 9.64 Å². The minimum absolute atomic E-state index is 0.249. The lowest BCUT2D eigenvalue weighted by Crippen LogP contribution is -2.38. The van der Waals surface area contributed by atoms with Gasteiger partial charge in [0.2, 0.25) is 0 Å². The van der Waals surface area contributed by atoms with Crippen LogP contribution in [0.5, 0.6) is 0 Å². The monoisotopic (exact) mass is 425 g/mol. The van der Waals surface area contributed by atoms with Crippen molar-refractivity contribution in [2.45, 2.75) is 43.9 Å². The van der Waals surface area contributed by atoms with Crippen molar-refractivity contribution in [3.8, 4) is 6.07 Å². The van der Waals surface area contributed by atoms with E-state index < -0.39 is 0 Å². The van der Waals surface area contributed by atoms with Gasteiger partial charge in [0.25, 0.3) is 0 Å². The fraction of sp³-hybridized carbons (Fsp3) is 0.478. The fourth-order valence-electron chi connectivity index (χ4n) is 3.89. The highest BCUT2D eigenvalue weighted by Gasteiger charge is 2.33. The van der Waals surface area contributed by atoms with Crippen LogP contribution in [-0.2, 0) is 24.2 Å². The van der Waals surface area contributed by atoms with Gasteiger partial charge in [-0.3, -0.25) is 0 Å². The quantitative estimate of drug-likeness (QED) is 0.648. The van der Waals surface area contributed by atoms with E-state index in [0.29, 0.717) is 6.61 Å². The van der Waals surface area contributed by atoms with Crippen LogP contribution in [0.2, 0.25) is 0 Å². The maximum absolute atomic E-state index is 10.0. The van der Waals surface area contributed by atoms with E-state index in [9.17, 15) is 5.26 Å². The zero-order valence-electron chi connectivity index (χ0n) is 17.1. The van der Waals surface area contributed by atoms with Crippen molar-refractivity contribution in [1.82, 2.24) is 4.98 Å². The van der Waals surface area contributed by atoms with Gasteiger partial charge in [0, 0.05) is 42.3 Å². The SMILES string of the molecule is CC1(C)Cc2c(C#N)c(SCCc3ccccc3)nc(N3CCSCC3)c2CO1. The lowest BCUT2D eigenvalue weighted by atomic mass is 9.89. The molecule has 0 spiro atoms. The molecule has 0 saturated carbocycles. The standard InChI is InChI=1S/C23H27N3OS2/c1-23(2)14-18-19(15-24)22(29-11-8-17-6-4-3-5-7-17)25-21(20(18)16-27-23)26-9-12-28-13-10-26/h3-7H,8-14,16H2,1-2H3. The van der Waals surface area contributed by atoms with Crippen LogP contribution in [0.15, 0.2) is 35.4 Å². The van der Waals surface area contributed by atoms with Gasteiger partial charge in [-0.15, -0.1) is 11.8 Å². The molecular formula is C23H27N3OS2. The first-order valence-corrected chi connectivity index (χ1v) is 12.3. The second-order valence-corrected chi connectivity index (χ2v) is 10.4. The molecule has 0 aliphatic carbocycles. The Morgan fingerprint density at radius 2 is 1.97 bits per heavy atom. The number of aromatic nitrogens is 1. The Balaban J connectivity index is 1.66. The van der Waals surface area contributed by atoms with E-state index in [4.69, 9.17) is 9.72 Å². The Morgan fingerprint density at radius 1 is 1.21 bits per heavy atom. The highest BCUT2D eigenvalue weighted by Crippen LogP contribution is 2.39. The topological polar surface area (TPSA) is 49.2 Å². The zero-order chi connectivity index (χ0) is 20.3. The normalized spacial score (nSPS) is 18.2. The van der Waals surface area contributed by atoms with Gasteiger partial charge in [-0.05, 0) is 31.4 Å². The molecule has 2 aliphatic heterocycles. The summed E-state index contributed by atoms with van der Waals surface area (Å²) >= 11 is 3.71. The van der Waals surface area contributed by atoms with E-state index in [1.54, 1.807) is 11.8 Å². The van der Waals surface area contributed by atoms with E-state index >= 15 is 0 Å². The maximum Gasteiger partial charge on any atom is 0.135 e. The molecule has 0 amide bonds. The van der Waals surface area contributed by atoms with Gasteiger partial charge in [0.15, 0.2) is 0 Å². The van der Waals surface area contributed by atoms with Crippen LogP contribution in [0.3, 0.4) is 0 Å². The summed E-state index contributed by atoms with van der Waals surface area (Å²) in [6, 6.07) is 13.0. The second kappa shape index (κ2) is 8.99. The van der Waals surface area contributed by atoms with E-state index in [1.165, 1.54) is 5.56 Å². The largest absolute Gasteiger partial charge is 0.370 e. The molecule has 0 N–H and O–H groups in total. The molecule has 0 unspecified atom stereocenters. The number of aryl methyl sites for hydroxylation is 1. The van der Waals surface area contributed by atoms with Gasteiger partial charge in [-0.25, -0.2) is 4.98 Å². The molecule has 152 valence electrons. The number of fused-ring (bicyclic) bond motifs is 1. The lowest BCUT2D eigenvalue weighted by Gasteiger charge is -2.36. The Hall–Kier alpha value is -1.68. The van der Waals surface area contributed by atoms with Gasteiger partial charge >= 0.3 is 0 Å². The molecule has 0 radical (unpaired) electrons. The van der Waals surface area contributed by atoms with Crippen LogP contribution in [0.25, 0.3) is 0 Å². The Kier molecular flexibility index (Phi) is 6.38. The van der Waals surface area contributed by atoms with Crippen LogP contribution in [0.4, 0.5) is 5.82 Å². The number of hydrogen-bond donors (Lipinski definition) is 0. The van der Waals surface area contributed by atoms with Crippen molar-refractivity contribution in [2.24, 2.45) is 0 Å². The predicted molar refractivity (Wildman–Crippen MR) is 122 cm³/mol. The lowest BCUT2D eigenvalue weighted by molar-refractivity contribution is -0.0402. The van der Waals surface area contributed by atoms with Gasteiger partial charge in [0.1, 0.15) is 16.9 Å². The number of thioether (sulfide) groups is 2. The summed E-state index contributed by atoms with van der Waals surface area (Å²) in [5, 5.41) is 10.9. The van der Waals surface area contributed by atoms with Crippen molar-refractivity contribution in [3.05, 3.63) is 52.6 Å². The number of benzene rings is 1. The summed E-state index contributed by atoms with van der Waals surface area (Å²) in [6.07, 6.45) is 1.73. The number of rotatable bonds is 5. The van der Waals surface area contributed by atoms with E-state index in [0.717, 1.165) is 70.7 Å². The molecule has 6 heteroatoms. The highest BCUT2D eigenvalue weighted by atomic mass is 32.2. The molecular weight excluding hydrogens is 398 g/mol. The minimum atomic E-state index is -0.249. The third-order valence-corrected chi connectivity index (χ3v) is 7.38. The first kappa shape index (κ1) is 20.6. The van der Waals surface area contributed by atoms with Gasteiger partial charge in [-0.2, -0.15) is 17.0 Å². The number of hydrogen-bond acceptors (Lipinski definition) is 6. The average molecular weight is 426 g/mol.